The average Bonchev–Trinajstić information content (AvgIpc) is 2.88. The van der Waals surface area contributed by atoms with Crippen molar-refractivity contribution in [2.45, 2.75) is 64.5 Å². The summed E-state index contributed by atoms with van der Waals surface area (Å²) in [7, 11) is 0. The van der Waals surface area contributed by atoms with E-state index in [2.05, 4.69) is 27.1 Å². The SMILES string of the molecule is C[C@H]1CCC[NH+](Cc2nnnn2C2CCCCC2)C1. The predicted octanol–water partition coefficient (Wildman–Crippen LogP) is 0.993. The van der Waals surface area contributed by atoms with E-state index in [-0.39, 0.29) is 0 Å². The van der Waals surface area contributed by atoms with Crippen LogP contribution in [-0.2, 0) is 6.54 Å². The van der Waals surface area contributed by atoms with Gasteiger partial charge in [-0.05, 0) is 36.1 Å². The van der Waals surface area contributed by atoms with E-state index < -0.39 is 0 Å². The summed E-state index contributed by atoms with van der Waals surface area (Å²) in [5.74, 6) is 1.96. The maximum Gasteiger partial charge on any atom is 0.206 e. The van der Waals surface area contributed by atoms with Crippen LogP contribution >= 0.6 is 0 Å². The molecule has 1 saturated carbocycles. The fourth-order valence-corrected chi connectivity index (χ4v) is 3.72. The van der Waals surface area contributed by atoms with E-state index in [0.717, 1.165) is 18.3 Å². The van der Waals surface area contributed by atoms with Gasteiger partial charge in [0.2, 0.25) is 5.82 Å². The monoisotopic (exact) mass is 264 g/mol. The zero-order valence-corrected chi connectivity index (χ0v) is 12.0. The summed E-state index contributed by atoms with van der Waals surface area (Å²) < 4.78 is 2.13. The number of rotatable bonds is 3. The number of hydrogen-bond acceptors (Lipinski definition) is 3. The quantitative estimate of drug-likeness (QED) is 0.886. The smallest absolute Gasteiger partial charge is 0.206 e. The highest BCUT2D eigenvalue weighted by Gasteiger charge is 2.25. The third kappa shape index (κ3) is 3.14. The number of nitrogens with zero attached hydrogens (tertiary/aromatic N) is 4. The lowest BCUT2D eigenvalue weighted by Gasteiger charge is -2.28. The van der Waals surface area contributed by atoms with Gasteiger partial charge in [-0.3, -0.25) is 0 Å². The number of aromatic nitrogens is 4. The van der Waals surface area contributed by atoms with Crippen LogP contribution in [0.1, 0.15) is 63.7 Å². The molecular weight excluding hydrogens is 238 g/mol. The Morgan fingerprint density at radius 3 is 2.79 bits per heavy atom. The lowest BCUT2D eigenvalue weighted by atomic mass is 9.95. The molecule has 2 aliphatic rings. The molecule has 2 fully saturated rings. The summed E-state index contributed by atoms with van der Waals surface area (Å²) in [6.07, 6.45) is 9.28. The van der Waals surface area contributed by atoms with E-state index in [9.17, 15) is 0 Å². The van der Waals surface area contributed by atoms with Gasteiger partial charge < -0.3 is 4.90 Å². The zero-order valence-electron chi connectivity index (χ0n) is 12.0. The van der Waals surface area contributed by atoms with E-state index in [0.29, 0.717) is 6.04 Å². The fraction of sp³-hybridized carbons (Fsp3) is 0.929. The first-order chi connectivity index (χ1) is 9.33. The van der Waals surface area contributed by atoms with Crippen molar-refractivity contribution in [2.75, 3.05) is 13.1 Å². The third-order valence-corrected chi connectivity index (χ3v) is 4.75. The highest BCUT2D eigenvalue weighted by Crippen LogP contribution is 2.27. The van der Waals surface area contributed by atoms with E-state index >= 15 is 0 Å². The average molecular weight is 264 g/mol. The first kappa shape index (κ1) is 13.0. The normalized spacial score (nSPS) is 29.5. The van der Waals surface area contributed by atoms with Crippen molar-refractivity contribution in [3.05, 3.63) is 5.82 Å². The highest BCUT2D eigenvalue weighted by atomic mass is 15.6. The van der Waals surface area contributed by atoms with Crippen LogP contribution in [0, 0.1) is 5.92 Å². The molecule has 2 atom stereocenters. The van der Waals surface area contributed by atoms with Gasteiger partial charge in [0.1, 0.15) is 6.54 Å². The second-order valence-electron chi connectivity index (χ2n) is 6.46. The highest BCUT2D eigenvalue weighted by molar-refractivity contribution is 4.83. The van der Waals surface area contributed by atoms with E-state index in [4.69, 9.17) is 0 Å². The van der Waals surface area contributed by atoms with Gasteiger partial charge in [-0.25, -0.2) is 4.68 Å². The van der Waals surface area contributed by atoms with Crippen LogP contribution in [0.25, 0.3) is 0 Å². The maximum atomic E-state index is 4.29. The Bertz CT molecular complexity index is 396. The van der Waals surface area contributed by atoms with Crippen LogP contribution in [0.15, 0.2) is 0 Å². The van der Waals surface area contributed by atoms with Crippen molar-refractivity contribution < 1.29 is 4.90 Å². The lowest BCUT2D eigenvalue weighted by molar-refractivity contribution is -0.922. The minimum atomic E-state index is 0.556. The minimum absolute atomic E-state index is 0.556. The topological polar surface area (TPSA) is 48.0 Å². The first-order valence-electron chi connectivity index (χ1n) is 7.93. The lowest BCUT2D eigenvalue weighted by Crippen LogP contribution is -3.12. The van der Waals surface area contributed by atoms with Gasteiger partial charge in [0.15, 0.2) is 0 Å². The van der Waals surface area contributed by atoms with E-state index in [1.165, 1.54) is 58.0 Å². The molecule has 0 spiro atoms. The van der Waals surface area contributed by atoms with E-state index in [1.54, 1.807) is 4.90 Å². The van der Waals surface area contributed by atoms with Gasteiger partial charge >= 0.3 is 0 Å². The van der Waals surface area contributed by atoms with Crippen LogP contribution in [0.2, 0.25) is 0 Å². The molecule has 1 unspecified atom stereocenters. The summed E-state index contributed by atoms with van der Waals surface area (Å²) in [6.45, 7) is 5.93. The summed E-state index contributed by atoms with van der Waals surface area (Å²) in [5, 5.41) is 12.5. The molecular formula is C14H26N5+. The number of piperidine rings is 1. The largest absolute Gasteiger partial charge is 0.328 e. The Kier molecular flexibility index (Phi) is 4.11. The number of quaternary nitrogens is 1. The van der Waals surface area contributed by atoms with Crippen molar-refractivity contribution in [1.82, 2.24) is 20.2 Å². The molecule has 0 radical (unpaired) electrons. The molecule has 1 saturated heterocycles. The third-order valence-electron chi connectivity index (χ3n) is 4.75. The Morgan fingerprint density at radius 2 is 2.00 bits per heavy atom. The first-order valence-corrected chi connectivity index (χ1v) is 7.93. The molecule has 5 nitrogen and oxygen atoms in total. The number of tetrazole rings is 1. The Morgan fingerprint density at radius 1 is 1.16 bits per heavy atom. The Balaban J connectivity index is 1.65. The molecule has 1 aliphatic carbocycles. The molecule has 2 heterocycles. The van der Waals surface area contributed by atoms with Crippen LogP contribution in [-0.4, -0.2) is 33.3 Å². The summed E-state index contributed by atoms with van der Waals surface area (Å²) in [4.78, 5) is 1.66. The Hall–Kier alpha value is -0.970. The molecule has 1 N–H and O–H groups in total. The molecule has 0 amide bonds. The molecule has 1 aromatic heterocycles. The van der Waals surface area contributed by atoms with Crippen molar-refractivity contribution in [1.29, 1.82) is 0 Å². The summed E-state index contributed by atoms with van der Waals surface area (Å²) in [5.41, 5.74) is 0. The van der Waals surface area contributed by atoms with Gasteiger partial charge in [0.05, 0.1) is 19.1 Å². The molecule has 3 rings (SSSR count). The van der Waals surface area contributed by atoms with Crippen LogP contribution < -0.4 is 4.90 Å². The standard InChI is InChI=1S/C14H25N5/c1-12-6-5-9-18(10-12)11-14-15-16-17-19(14)13-7-3-2-4-8-13/h12-13H,2-11H2,1H3/p+1/t12-/m0/s1. The molecule has 1 aromatic rings. The molecule has 1 aliphatic heterocycles. The number of likely N-dealkylation sites (tertiary alicyclic amines) is 1. The molecule has 0 aromatic carbocycles. The maximum absolute atomic E-state index is 4.29. The summed E-state index contributed by atoms with van der Waals surface area (Å²) >= 11 is 0. The number of nitrogens with one attached hydrogen (secondary N) is 1. The molecule has 0 bridgehead atoms. The van der Waals surface area contributed by atoms with Gasteiger partial charge in [0.25, 0.3) is 0 Å². The van der Waals surface area contributed by atoms with Crippen LogP contribution in [0.3, 0.4) is 0 Å². The molecule has 5 heteroatoms. The number of hydrogen-bond donors (Lipinski definition) is 1. The Labute approximate surface area is 115 Å². The minimum Gasteiger partial charge on any atom is -0.328 e. The second-order valence-corrected chi connectivity index (χ2v) is 6.46. The van der Waals surface area contributed by atoms with Crippen LogP contribution in [0.4, 0.5) is 0 Å². The molecule has 19 heavy (non-hydrogen) atoms. The van der Waals surface area contributed by atoms with Crippen molar-refractivity contribution in [3.63, 3.8) is 0 Å². The van der Waals surface area contributed by atoms with Gasteiger partial charge in [-0.15, -0.1) is 5.10 Å². The molecule has 106 valence electrons. The van der Waals surface area contributed by atoms with Crippen molar-refractivity contribution >= 4 is 0 Å². The fourth-order valence-electron chi connectivity index (χ4n) is 3.72. The van der Waals surface area contributed by atoms with Crippen LogP contribution in [0.5, 0.6) is 0 Å². The van der Waals surface area contributed by atoms with E-state index in [1.807, 2.05) is 0 Å². The van der Waals surface area contributed by atoms with Crippen molar-refractivity contribution in [2.24, 2.45) is 5.92 Å². The predicted molar refractivity (Wildman–Crippen MR) is 72.7 cm³/mol. The second kappa shape index (κ2) is 5.99. The van der Waals surface area contributed by atoms with Gasteiger partial charge in [-0.2, -0.15) is 0 Å². The van der Waals surface area contributed by atoms with Gasteiger partial charge in [0, 0.05) is 5.92 Å². The van der Waals surface area contributed by atoms with Gasteiger partial charge in [-0.1, -0.05) is 26.2 Å². The summed E-state index contributed by atoms with van der Waals surface area (Å²) in [6, 6.07) is 0.556. The van der Waals surface area contributed by atoms with Crippen molar-refractivity contribution in [3.8, 4) is 0 Å². The zero-order chi connectivity index (χ0) is 13.1.